The summed E-state index contributed by atoms with van der Waals surface area (Å²) in [6, 6.07) is 12.4. The van der Waals surface area contributed by atoms with Gasteiger partial charge in [-0.05, 0) is 74.1 Å². The van der Waals surface area contributed by atoms with Crippen molar-refractivity contribution in [3.63, 3.8) is 0 Å². The topological polar surface area (TPSA) is 142 Å². The minimum Gasteiger partial charge on any atom is -0.495 e. The molecule has 0 radical (unpaired) electrons. The molecule has 1 aliphatic heterocycles. The highest BCUT2D eigenvalue weighted by atomic mass is 19.1. The molecule has 2 unspecified atom stereocenters. The number of nitrogens with one attached hydrogen (secondary N) is 1. The van der Waals surface area contributed by atoms with Gasteiger partial charge in [0.2, 0.25) is 6.41 Å². The van der Waals surface area contributed by atoms with E-state index in [1.807, 2.05) is 0 Å². The summed E-state index contributed by atoms with van der Waals surface area (Å²) in [6.45, 7) is 3.19. The zero-order chi connectivity index (χ0) is 31.2. The van der Waals surface area contributed by atoms with Crippen LogP contribution in [0.25, 0.3) is 11.3 Å². The highest BCUT2D eigenvalue weighted by Crippen LogP contribution is 2.44. The molecule has 2 aliphatic carbocycles. The van der Waals surface area contributed by atoms with E-state index < -0.39 is 0 Å². The summed E-state index contributed by atoms with van der Waals surface area (Å²) in [5, 5.41) is 3.19. The number of benzene rings is 2. The molecular weight excluding hydrogens is 561 g/mol. The van der Waals surface area contributed by atoms with E-state index in [1.165, 1.54) is 25.0 Å². The lowest BCUT2D eigenvalue weighted by Gasteiger charge is -2.25. The molecule has 232 valence electrons. The van der Waals surface area contributed by atoms with Gasteiger partial charge in [0.05, 0.1) is 25.4 Å². The Labute approximate surface area is 257 Å². The first-order valence-corrected chi connectivity index (χ1v) is 15.2. The second-order valence-electron chi connectivity index (χ2n) is 11.7. The van der Waals surface area contributed by atoms with Crippen molar-refractivity contribution in [2.45, 2.75) is 63.3 Å². The smallest absolute Gasteiger partial charge is 0.251 e. The van der Waals surface area contributed by atoms with Gasteiger partial charge >= 0.3 is 0 Å². The normalized spacial score (nSPS) is 18.2. The van der Waals surface area contributed by atoms with Crippen molar-refractivity contribution < 1.29 is 23.5 Å². The standard InChI is InChI=1S/C33H37FN4O3.CH3NO/c1-19-18-41-32-26(19)15-28(38-31(32)21-7-9-24(34)10-8-21)27(20-5-3-4-6-20)17-37-33(39)22-13-23(16-36-25-11-12-25)30(35)29(14-22)40-2;2-1-3/h7-10,13-16,19-20,25,27H,3-6,11-12,17-18,35H2,1-2H3,(H,37,39);1H,(H2,2,3). The average molecular weight is 602 g/mol. The van der Waals surface area contributed by atoms with Crippen molar-refractivity contribution in [2.24, 2.45) is 16.6 Å². The lowest BCUT2D eigenvalue weighted by Crippen LogP contribution is -2.31. The van der Waals surface area contributed by atoms with Crippen LogP contribution in [0.1, 0.15) is 84.5 Å². The van der Waals surface area contributed by atoms with E-state index in [0.717, 1.165) is 53.9 Å². The van der Waals surface area contributed by atoms with Crippen molar-refractivity contribution in [3.05, 3.63) is 70.7 Å². The van der Waals surface area contributed by atoms with E-state index in [2.05, 4.69) is 29.0 Å². The molecule has 3 aliphatic rings. The maximum atomic E-state index is 13.7. The number of hydrogen-bond acceptors (Lipinski definition) is 7. The third kappa shape index (κ3) is 7.01. The number of aliphatic imine (C=N–C) groups is 1. The van der Waals surface area contributed by atoms with Crippen LogP contribution in [-0.4, -0.2) is 49.8 Å². The van der Waals surface area contributed by atoms with Crippen molar-refractivity contribution >= 4 is 24.2 Å². The summed E-state index contributed by atoms with van der Waals surface area (Å²) >= 11 is 0. The van der Waals surface area contributed by atoms with Crippen LogP contribution in [0, 0.1) is 11.7 Å². The minimum atomic E-state index is -0.288. The van der Waals surface area contributed by atoms with Gasteiger partial charge in [-0.1, -0.05) is 19.8 Å². The van der Waals surface area contributed by atoms with Crippen molar-refractivity contribution in [1.29, 1.82) is 0 Å². The Kier molecular flexibility index (Phi) is 9.77. The zero-order valence-electron chi connectivity index (χ0n) is 25.2. The van der Waals surface area contributed by atoms with Crippen LogP contribution in [0.15, 0.2) is 47.5 Å². The number of fused-ring (bicyclic) bond motifs is 1. The number of primary amides is 1. The number of methoxy groups -OCH3 is 1. The van der Waals surface area contributed by atoms with Crippen molar-refractivity contribution in [3.8, 4) is 22.8 Å². The Morgan fingerprint density at radius 3 is 2.55 bits per heavy atom. The van der Waals surface area contributed by atoms with Crippen LogP contribution >= 0.6 is 0 Å². The lowest BCUT2D eigenvalue weighted by molar-refractivity contribution is -0.106. The van der Waals surface area contributed by atoms with E-state index in [0.29, 0.717) is 47.7 Å². The van der Waals surface area contributed by atoms with Crippen LogP contribution in [-0.2, 0) is 4.79 Å². The summed E-state index contributed by atoms with van der Waals surface area (Å²) in [7, 11) is 1.55. The van der Waals surface area contributed by atoms with Crippen molar-refractivity contribution in [2.75, 3.05) is 26.0 Å². The molecular formula is C34H40FN5O4. The maximum absolute atomic E-state index is 13.7. The van der Waals surface area contributed by atoms with Gasteiger partial charge < -0.3 is 26.3 Å². The monoisotopic (exact) mass is 601 g/mol. The number of ether oxygens (including phenoxy) is 2. The Balaban J connectivity index is 0.00000123. The van der Waals surface area contributed by atoms with Crippen LogP contribution in [0.4, 0.5) is 10.1 Å². The fourth-order valence-corrected chi connectivity index (χ4v) is 6.02. The summed E-state index contributed by atoms with van der Waals surface area (Å²) < 4.78 is 25.3. The molecule has 2 heterocycles. The molecule has 0 saturated heterocycles. The number of nitrogens with two attached hydrogens (primary N) is 2. The largest absolute Gasteiger partial charge is 0.495 e. The summed E-state index contributed by atoms with van der Waals surface area (Å²) in [5.41, 5.74) is 15.7. The molecule has 0 spiro atoms. The fourth-order valence-electron chi connectivity index (χ4n) is 6.02. The van der Waals surface area contributed by atoms with E-state index in [1.54, 1.807) is 37.6 Å². The summed E-state index contributed by atoms with van der Waals surface area (Å²) in [4.78, 5) is 31.8. The SMILES string of the molecule is COc1cc(C(=O)NCC(c2cc3c(c(-c4ccc(F)cc4)n2)OCC3C)C2CCCC2)cc(C=NC2CC2)c1N.NC=O. The molecule has 3 aromatic rings. The number of carbonyl (C=O) groups excluding carboxylic acids is 2. The highest BCUT2D eigenvalue weighted by molar-refractivity contribution is 5.99. The molecule has 5 N–H and O–H groups in total. The van der Waals surface area contributed by atoms with Gasteiger partial charge in [-0.3, -0.25) is 14.6 Å². The molecule has 1 aromatic heterocycles. The molecule has 44 heavy (non-hydrogen) atoms. The zero-order valence-corrected chi connectivity index (χ0v) is 25.2. The van der Waals surface area contributed by atoms with E-state index in [4.69, 9.17) is 25.0 Å². The Hall–Kier alpha value is -4.47. The van der Waals surface area contributed by atoms with Gasteiger partial charge in [-0.25, -0.2) is 9.37 Å². The number of pyridine rings is 1. The number of nitrogen functional groups attached to an aromatic ring is 1. The van der Waals surface area contributed by atoms with E-state index in [-0.39, 0.29) is 30.0 Å². The van der Waals surface area contributed by atoms with Gasteiger partial charge in [0, 0.05) is 52.5 Å². The summed E-state index contributed by atoms with van der Waals surface area (Å²) in [6.07, 6.45) is 8.69. The van der Waals surface area contributed by atoms with Gasteiger partial charge in [0.15, 0.2) is 0 Å². The maximum Gasteiger partial charge on any atom is 0.251 e. The molecule has 6 rings (SSSR count). The first-order chi connectivity index (χ1) is 21.3. The fraction of sp³-hybridized carbons (Fsp3) is 0.412. The molecule has 2 fully saturated rings. The van der Waals surface area contributed by atoms with Crippen LogP contribution < -0.4 is 26.3 Å². The Morgan fingerprint density at radius 1 is 1.18 bits per heavy atom. The van der Waals surface area contributed by atoms with Crippen molar-refractivity contribution in [1.82, 2.24) is 10.3 Å². The van der Waals surface area contributed by atoms with E-state index >= 15 is 0 Å². The predicted molar refractivity (Wildman–Crippen MR) is 169 cm³/mol. The average Bonchev–Trinajstić information content (AvgIpc) is 3.55. The van der Waals surface area contributed by atoms with Gasteiger partial charge in [-0.15, -0.1) is 0 Å². The number of rotatable bonds is 9. The van der Waals surface area contributed by atoms with Gasteiger partial charge in [0.25, 0.3) is 5.91 Å². The highest BCUT2D eigenvalue weighted by Gasteiger charge is 2.32. The second kappa shape index (κ2) is 13.9. The number of nitrogens with zero attached hydrogens (tertiary/aromatic N) is 2. The second-order valence-corrected chi connectivity index (χ2v) is 11.7. The Morgan fingerprint density at radius 2 is 1.89 bits per heavy atom. The Bertz CT molecular complexity index is 1520. The number of aromatic nitrogens is 1. The number of anilines is 1. The number of carbonyl (C=O) groups is 2. The third-order valence-electron chi connectivity index (χ3n) is 8.61. The molecule has 2 atom stereocenters. The van der Waals surface area contributed by atoms with Gasteiger partial charge in [0.1, 0.15) is 23.0 Å². The summed E-state index contributed by atoms with van der Waals surface area (Å²) in [5.74, 6) is 1.42. The minimum absolute atomic E-state index is 0.0327. The molecule has 9 nitrogen and oxygen atoms in total. The first-order valence-electron chi connectivity index (χ1n) is 15.2. The van der Waals surface area contributed by atoms with Gasteiger partial charge in [-0.2, -0.15) is 0 Å². The molecule has 0 bridgehead atoms. The van der Waals surface area contributed by atoms with Crippen LogP contribution in [0.5, 0.6) is 11.5 Å². The lowest BCUT2D eigenvalue weighted by atomic mass is 9.85. The molecule has 10 heteroatoms. The quantitative estimate of drug-likeness (QED) is 0.171. The predicted octanol–water partition coefficient (Wildman–Crippen LogP) is 5.36. The number of halogens is 1. The van der Waals surface area contributed by atoms with E-state index in [9.17, 15) is 9.18 Å². The van der Waals surface area contributed by atoms with Crippen LogP contribution in [0.3, 0.4) is 0 Å². The molecule has 2 amide bonds. The molecule has 2 saturated carbocycles. The third-order valence-corrected chi connectivity index (χ3v) is 8.61. The number of amides is 2. The first kappa shape index (κ1) is 31.0. The van der Waals surface area contributed by atoms with Crippen LogP contribution in [0.2, 0.25) is 0 Å². The molecule has 2 aromatic carbocycles. The number of hydrogen-bond donors (Lipinski definition) is 3.